The smallest absolute Gasteiger partial charge is 0.253 e. The Labute approximate surface area is 177 Å². The van der Waals surface area contributed by atoms with Gasteiger partial charge in [0.05, 0.1) is 0 Å². The van der Waals surface area contributed by atoms with Crippen LogP contribution in [0.4, 0.5) is 0 Å². The Morgan fingerprint density at radius 1 is 0.967 bits per heavy atom. The number of amides is 1. The van der Waals surface area contributed by atoms with Gasteiger partial charge in [-0.1, -0.05) is 31.2 Å². The van der Waals surface area contributed by atoms with E-state index in [-0.39, 0.29) is 23.0 Å². The highest BCUT2D eigenvalue weighted by Gasteiger charge is 2.32. The second-order valence-corrected chi connectivity index (χ2v) is 8.53. The van der Waals surface area contributed by atoms with Crippen LogP contribution in [0.3, 0.4) is 0 Å². The van der Waals surface area contributed by atoms with Crippen molar-refractivity contribution in [3.63, 3.8) is 0 Å². The van der Waals surface area contributed by atoms with Crippen LogP contribution in [-0.4, -0.2) is 67.6 Å². The van der Waals surface area contributed by atoms with Crippen molar-refractivity contribution in [1.29, 1.82) is 0 Å². The second-order valence-electron chi connectivity index (χ2n) is 7.43. The quantitative estimate of drug-likeness (QED) is 0.643. The molecule has 1 aliphatic heterocycles. The fraction of sp³-hybridized carbons (Fsp3) is 0.318. The summed E-state index contributed by atoms with van der Waals surface area (Å²) in [4.78, 5) is 42.2. The van der Waals surface area contributed by atoms with Crippen molar-refractivity contribution in [2.45, 2.75) is 18.7 Å². The molecule has 1 saturated heterocycles. The highest BCUT2D eigenvalue weighted by molar-refractivity contribution is 7.79. The molecule has 0 saturated carbocycles. The molecule has 2 aromatic carbocycles. The number of ketones is 2. The van der Waals surface area contributed by atoms with E-state index in [4.69, 9.17) is 0 Å². The number of rotatable bonds is 4. The summed E-state index contributed by atoms with van der Waals surface area (Å²) in [5.74, 6) is -0.680. The van der Waals surface area contributed by atoms with E-state index in [1.807, 2.05) is 11.8 Å². The van der Waals surface area contributed by atoms with Crippen LogP contribution in [0, 0.1) is 0 Å². The molecule has 2 aromatic rings. The van der Waals surface area contributed by atoms with Gasteiger partial charge in [-0.05, 0) is 24.6 Å². The molecule has 7 nitrogen and oxygen atoms in total. The zero-order chi connectivity index (χ0) is 21.4. The molecule has 1 aliphatic carbocycles. The zero-order valence-corrected chi connectivity index (χ0v) is 17.4. The predicted octanol–water partition coefficient (Wildman–Crippen LogP) is 2.18. The first-order valence-corrected chi connectivity index (χ1v) is 11.0. The van der Waals surface area contributed by atoms with E-state index in [0.29, 0.717) is 54.9 Å². The maximum Gasteiger partial charge on any atom is 0.253 e. The van der Waals surface area contributed by atoms with Gasteiger partial charge in [0.1, 0.15) is 5.37 Å². The van der Waals surface area contributed by atoms with Gasteiger partial charge in [0, 0.05) is 54.0 Å². The monoisotopic (exact) mass is 426 g/mol. The molecular weight excluding hydrogens is 404 g/mol. The lowest BCUT2D eigenvalue weighted by atomic mass is 9.83. The molecule has 2 unspecified atom stereocenters. The van der Waals surface area contributed by atoms with Gasteiger partial charge >= 0.3 is 0 Å². The van der Waals surface area contributed by atoms with Crippen LogP contribution in [0.15, 0.2) is 42.5 Å². The van der Waals surface area contributed by atoms with Crippen LogP contribution in [0.5, 0.6) is 0 Å². The number of nitrogens with zero attached hydrogens (tertiary/aromatic N) is 2. The Morgan fingerprint density at radius 3 is 2.10 bits per heavy atom. The van der Waals surface area contributed by atoms with Gasteiger partial charge in [-0.15, -0.1) is 0 Å². The molecule has 30 heavy (non-hydrogen) atoms. The van der Waals surface area contributed by atoms with Crippen LogP contribution >= 0.6 is 0 Å². The van der Waals surface area contributed by atoms with Gasteiger partial charge in [-0.2, -0.15) is 0 Å². The molecule has 1 heterocycles. The van der Waals surface area contributed by atoms with E-state index < -0.39 is 16.5 Å². The van der Waals surface area contributed by atoms with Crippen LogP contribution in [-0.2, 0) is 11.1 Å². The lowest BCUT2D eigenvalue weighted by molar-refractivity contribution is 0.0617. The van der Waals surface area contributed by atoms with Crippen LogP contribution in [0.25, 0.3) is 0 Å². The summed E-state index contributed by atoms with van der Waals surface area (Å²) in [6, 6.07) is 11.4. The van der Waals surface area contributed by atoms with E-state index in [2.05, 4.69) is 0 Å². The highest BCUT2D eigenvalue weighted by atomic mass is 32.2. The molecule has 8 heteroatoms. The summed E-state index contributed by atoms with van der Waals surface area (Å²) < 4.78 is 20.9. The molecule has 0 spiro atoms. The first kappa shape index (κ1) is 20.6. The number of hydrogen-bond donors (Lipinski definition) is 1. The third-order valence-electron chi connectivity index (χ3n) is 5.76. The minimum Gasteiger partial charge on any atom is -0.336 e. The van der Waals surface area contributed by atoms with Crippen LogP contribution in [0.1, 0.15) is 55.5 Å². The van der Waals surface area contributed by atoms with E-state index in [1.54, 1.807) is 41.3 Å². The molecule has 4 rings (SSSR count). The minimum atomic E-state index is -1.93. The van der Waals surface area contributed by atoms with Crippen LogP contribution < -0.4 is 0 Å². The number of benzene rings is 2. The third-order valence-corrected chi connectivity index (χ3v) is 6.86. The molecule has 1 N–H and O–H groups in total. The minimum absolute atomic E-state index is 0.213. The van der Waals surface area contributed by atoms with Crippen molar-refractivity contribution in [2.75, 3.05) is 26.2 Å². The van der Waals surface area contributed by atoms with Crippen molar-refractivity contribution in [1.82, 2.24) is 9.80 Å². The first-order chi connectivity index (χ1) is 14.4. The fourth-order valence-corrected chi connectivity index (χ4v) is 4.91. The Morgan fingerprint density at radius 2 is 1.53 bits per heavy atom. The maximum atomic E-state index is 13.0. The number of carbonyl (C=O) groups excluding carboxylic acids is 3. The van der Waals surface area contributed by atoms with E-state index in [0.717, 1.165) is 0 Å². The normalized spacial score (nSPS) is 18.5. The molecule has 2 atom stereocenters. The lowest BCUT2D eigenvalue weighted by Gasteiger charge is -2.37. The number of carbonyl (C=O) groups is 3. The number of hydrogen-bond acceptors (Lipinski definition) is 5. The Hall–Kier alpha value is -2.68. The van der Waals surface area contributed by atoms with Crippen LogP contribution in [0.2, 0.25) is 0 Å². The van der Waals surface area contributed by atoms with Crippen molar-refractivity contribution in [2.24, 2.45) is 0 Å². The first-order valence-electron chi connectivity index (χ1n) is 9.87. The number of fused-ring (bicyclic) bond motifs is 2. The van der Waals surface area contributed by atoms with E-state index in [9.17, 15) is 23.1 Å². The topological polar surface area (TPSA) is 95.0 Å². The Bertz CT molecular complexity index is 1060. The van der Waals surface area contributed by atoms with Gasteiger partial charge in [-0.3, -0.25) is 19.3 Å². The van der Waals surface area contributed by atoms with E-state index in [1.165, 1.54) is 6.07 Å². The van der Waals surface area contributed by atoms with E-state index >= 15 is 0 Å². The number of piperazine rings is 1. The van der Waals surface area contributed by atoms with Crippen molar-refractivity contribution in [3.8, 4) is 0 Å². The lowest BCUT2D eigenvalue weighted by Crippen LogP contribution is -2.52. The van der Waals surface area contributed by atoms with Gasteiger partial charge < -0.3 is 9.45 Å². The molecule has 2 aliphatic rings. The molecule has 0 radical (unpaired) electrons. The molecule has 1 fully saturated rings. The molecule has 0 bridgehead atoms. The molecular formula is C22H22N2O5S. The SMILES string of the molecule is CCC(N1CCN(C(=O)c2ccc3c(c2)C(=O)c2ccccc2C3=O)CC1)S(=O)O. The van der Waals surface area contributed by atoms with Crippen molar-refractivity contribution < 1.29 is 23.1 Å². The van der Waals surface area contributed by atoms with Crippen molar-refractivity contribution >= 4 is 28.6 Å². The van der Waals surface area contributed by atoms with Gasteiger partial charge in [0.15, 0.2) is 22.6 Å². The fourth-order valence-electron chi connectivity index (χ4n) is 4.16. The summed E-state index contributed by atoms with van der Waals surface area (Å²) in [5.41, 5.74) is 1.68. The van der Waals surface area contributed by atoms with Crippen molar-refractivity contribution in [3.05, 3.63) is 70.3 Å². The predicted molar refractivity (Wildman–Crippen MR) is 112 cm³/mol. The second kappa shape index (κ2) is 8.22. The molecule has 156 valence electrons. The van der Waals surface area contributed by atoms with Gasteiger partial charge in [0.2, 0.25) is 0 Å². The Balaban J connectivity index is 1.54. The molecule has 1 amide bonds. The summed E-state index contributed by atoms with van der Waals surface area (Å²) >= 11 is -1.93. The average molecular weight is 426 g/mol. The summed E-state index contributed by atoms with van der Waals surface area (Å²) in [5, 5.41) is -0.435. The standard InChI is InChI=1S/C22H22N2O5S/c1-2-19(30(28)29)23-9-11-24(12-10-23)22(27)14-7-8-17-18(13-14)21(26)16-6-4-3-5-15(16)20(17)25/h3-8,13,19H,2,9-12H2,1H3,(H,28,29). The van der Waals surface area contributed by atoms with Gasteiger partial charge in [0.25, 0.3) is 5.91 Å². The largest absolute Gasteiger partial charge is 0.336 e. The zero-order valence-electron chi connectivity index (χ0n) is 16.5. The Kier molecular flexibility index (Phi) is 5.64. The summed E-state index contributed by atoms with van der Waals surface area (Å²) in [6.07, 6.45) is 0.555. The third kappa shape index (κ3) is 3.51. The maximum absolute atomic E-state index is 13.0. The molecule has 0 aromatic heterocycles. The summed E-state index contributed by atoms with van der Waals surface area (Å²) in [6.45, 7) is 3.73. The van der Waals surface area contributed by atoms with Gasteiger partial charge in [-0.25, -0.2) is 4.21 Å². The average Bonchev–Trinajstić information content (AvgIpc) is 2.77. The summed E-state index contributed by atoms with van der Waals surface area (Å²) in [7, 11) is 0. The highest BCUT2D eigenvalue weighted by Crippen LogP contribution is 2.28.